The Bertz CT molecular complexity index is 233. The maximum Gasteiger partial charge on any atom is 0.0986 e. The van der Waals surface area contributed by atoms with Gasteiger partial charge in [-0.1, -0.05) is 13.8 Å². The Labute approximate surface area is 111 Å². The molecule has 0 aromatic heterocycles. The van der Waals surface area contributed by atoms with Crippen molar-refractivity contribution in [3.05, 3.63) is 0 Å². The first-order valence-electron chi connectivity index (χ1n) is 7.02. The highest BCUT2D eigenvalue weighted by molar-refractivity contribution is 4.97. The van der Waals surface area contributed by atoms with E-state index in [1.54, 1.807) is 7.11 Å². The van der Waals surface area contributed by atoms with E-state index in [0.29, 0.717) is 6.04 Å². The molecule has 0 bridgehead atoms. The van der Waals surface area contributed by atoms with Crippen molar-refractivity contribution in [2.75, 3.05) is 26.9 Å². The predicted molar refractivity (Wildman–Crippen MR) is 72.7 cm³/mol. The molecule has 0 aromatic carbocycles. The molecule has 18 heavy (non-hydrogen) atoms. The molecule has 0 saturated heterocycles. The topological polar surface area (TPSA) is 50.7 Å². The number of methoxy groups -OCH3 is 1. The van der Waals surface area contributed by atoms with E-state index in [4.69, 9.17) is 14.6 Å². The molecule has 3 unspecified atom stereocenters. The Morgan fingerprint density at radius 2 is 2.11 bits per heavy atom. The second-order valence-electron chi connectivity index (χ2n) is 5.91. The van der Waals surface area contributed by atoms with E-state index >= 15 is 0 Å². The summed E-state index contributed by atoms with van der Waals surface area (Å²) in [6.07, 6.45) is 3.36. The van der Waals surface area contributed by atoms with E-state index in [1.165, 1.54) is 0 Å². The van der Waals surface area contributed by atoms with Gasteiger partial charge in [0, 0.05) is 32.9 Å². The summed E-state index contributed by atoms with van der Waals surface area (Å²) in [6.45, 7) is 8.47. The molecular formula is C14H29NO3. The molecule has 1 aliphatic carbocycles. The van der Waals surface area contributed by atoms with Gasteiger partial charge in [-0.15, -0.1) is 0 Å². The molecule has 4 heteroatoms. The molecule has 1 aliphatic rings. The first-order valence-corrected chi connectivity index (χ1v) is 7.02. The van der Waals surface area contributed by atoms with Crippen LogP contribution in [0.3, 0.4) is 0 Å². The summed E-state index contributed by atoms with van der Waals surface area (Å²) in [7, 11) is 1.75. The van der Waals surface area contributed by atoms with Crippen LogP contribution in [-0.2, 0) is 9.47 Å². The van der Waals surface area contributed by atoms with Crippen LogP contribution < -0.4 is 5.32 Å². The van der Waals surface area contributed by atoms with Crippen molar-refractivity contribution in [3.8, 4) is 0 Å². The van der Waals surface area contributed by atoms with Crippen molar-refractivity contribution in [2.24, 2.45) is 5.41 Å². The fourth-order valence-electron chi connectivity index (χ4n) is 2.53. The van der Waals surface area contributed by atoms with Gasteiger partial charge in [0.1, 0.15) is 0 Å². The molecular weight excluding hydrogens is 230 g/mol. The molecule has 0 heterocycles. The van der Waals surface area contributed by atoms with Gasteiger partial charge in [0.2, 0.25) is 0 Å². The average Bonchev–Trinajstić information content (AvgIpc) is 2.30. The number of aliphatic hydroxyl groups excluding tert-OH is 1. The number of rotatable bonds is 9. The first-order chi connectivity index (χ1) is 8.54. The van der Waals surface area contributed by atoms with Crippen LogP contribution in [0.15, 0.2) is 0 Å². The van der Waals surface area contributed by atoms with Gasteiger partial charge < -0.3 is 19.9 Å². The Hall–Kier alpha value is -0.160. The highest BCUT2D eigenvalue weighted by Gasteiger charge is 2.42. The minimum Gasteiger partial charge on any atom is -0.396 e. The van der Waals surface area contributed by atoms with Crippen molar-refractivity contribution < 1.29 is 14.6 Å². The highest BCUT2D eigenvalue weighted by atomic mass is 16.5. The molecule has 0 spiro atoms. The van der Waals surface area contributed by atoms with Crippen LogP contribution in [-0.4, -0.2) is 50.2 Å². The second kappa shape index (κ2) is 7.43. The Morgan fingerprint density at radius 3 is 2.67 bits per heavy atom. The minimum atomic E-state index is 0.179. The summed E-state index contributed by atoms with van der Waals surface area (Å²) >= 11 is 0. The smallest absolute Gasteiger partial charge is 0.0986 e. The summed E-state index contributed by atoms with van der Waals surface area (Å²) in [5.74, 6) is 0. The number of aliphatic hydroxyl groups is 1. The van der Waals surface area contributed by atoms with Crippen LogP contribution in [0, 0.1) is 5.41 Å². The molecule has 108 valence electrons. The van der Waals surface area contributed by atoms with Crippen molar-refractivity contribution in [1.82, 2.24) is 5.32 Å². The van der Waals surface area contributed by atoms with Gasteiger partial charge in [-0.05, 0) is 31.6 Å². The Morgan fingerprint density at radius 1 is 1.39 bits per heavy atom. The van der Waals surface area contributed by atoms with Gasteiger partial charge >= 0.3 is 0 Å². The van der Waals surface area contributed by atoms with Crippen molar-refractivity contribution in [3.63, 3.8) is 0 Å². The third-order valence-electron chi connectivity index (χ3n) is 3.76. The van der Waals surface area contributed by atoms with E-state index in [9.17, 15) is 0 Å². The van der Waals surface area contributed by atoms with E-state index < -0.39 is 0 Å². The molecule has 3 atom stereocenters. The molecule has 4 nitrogen and oxygen atoms in total. The zero-order chi connectivity index (χ0) is 13.6. The van der Waals surface area contributed by atoms with Gasteiger partial charge in [-0.3, -0.25) is 0 Å². The standard InChI is InChI=1S/C14H29NO3/c1-5-18-12-9-11(13(12)17-4)15-10-14(2,3)7-6-8-16/h11-13,15-16H,5-10H2,1-4H3. The van der Waals surface area contributed by atoms with Gasteiger partial charge in [0.05, 0.1) is 12.2 Å². The van der Waals surface area contributed by atoms with Crippen LogP contribution in [0.25, 0.3) is 0 Å². The Balaban J connectivity index is 2.27. The molecule has 2 N–H and O–H groups in total. The highest BCUT2D eigenvalue weighted by Crippen LogP contribution is 2.28. The summed E-state index contributed by atoms with van der Waals surface area (Å²) in [6, 6.07) is 0.403. The minimum absolute atomic E-state index is 0.179. The van der Waals surface area contributed by atoms with Crippen LogP contribution in [0.1, 0.15) is 40.0 Å². The molecule has 1 saturated carbocycles. The molecule has 0 aromatic rings. The second-order valence-corrected chi connectivity index (χ2v) is 5.91. The summed E-state index contributed by atoms with van der Waals surface area (Å²) in [4.78, 5) is 0. The van der Waals surface area contributed by atoms with Crippen LogP contribution in [0.2, 0.25) is 0 Å². The summed E-state index contributed by atoms with van der Waals surface area (Å²) < 4.78 is 11.1. The Kier molecular flexibility index (Phi) is 6.57. The lowest BCUT2D eigenvalue weighted by molar-refractivity contribution is -0.132. The molecule has 1 fully saturated rings. The fraction of sp³-hybridized carbons (Fsp3) is 1.00. The first kappa shape index (κ1) is 15.9. The summed E-state index contributed by atoms with van der Waals surface area (Å²) in [5.41, 5.74) is 0.220. The predicted octanol–water partition coefficient (Wildman–Crippen LogP) is 1.57. The SMILES string of the molecule is CCOC1CC(NCC(C)(C)CCCO)C1OC. The molecule has 0 aliphatic heterocycles. The van der Waals surface area contributed by atoms with Gasteiger partial charge in [-0.2, -0.15) is 0 Å². The zero-order valence-electron chi connectivity index (χ0n) is 12.2. The maximum atomic E-state index is 8.88. The number of nitrogens with one attached hydrogen (secondary N) is 1. The van der Waals surface area contributed by atoms with Crippen LogP contribution >= 0.6 is 0 Å². The van der Waals surface area contributed by atoms with E-state index in [1.807, 2.05) is 6.92 Å². The third-order valence-corrected chi connectivity index (χ3v) is 3.76. The molecule has 0 amide bonds. The van der Waals surface area contributed by atoms with Crippen molar-refractivity contribution in [1.29, 1.82) is 0 Å². The maximum absolute atomic E-state index is 8.88. The van der Waals surface area contributed by atoms with Gasteiger partial charge in [0.25, 0.3) is 0 Å². The van der Waals surface area contributed by atoms with E-state index in [0.717, 1.165) is 32.4 Å². The quantitative estimate of drug-likeness (QED) is 0.660. The zero-order valence-corrected chi connectivity index (χ0v) is 12.2. The fourth-order valence-corrected chi connectivity index (χ4v) is 2.53. The normalized spacial score (nSPS) is 28.2. The average molecular weight is 259 g/mol. The summed E-state index contributed by atoms with van der Waals surface area (Å²) in [5, 5.41) is 12.5. The van der Waals surface area contributed by atoms with E-state index in [-0.39, 0.29) is 24.2 Å². The number of hydrogen-bond acceptors (Lipinski definition) is 4. The van der Waals surface area contributed by atoms with E-state index in [2.05, 4.69) is 19.2 Å². The lowest BCUT2D eigenvalue weighted by atomic mass is 9.82. The van der Waals surface area contributed by atoms with Gasteiger partial charge in [0.15, 0.2) is 0 Å². The third kappa shape index (κ3) is 4.50. The van der Waals surface area contributed by atoms with Crippen molar-refractivity contribution in [2.45, 2.75) is 58.3 Å². The van der Waals surface area contributed by atoms with Gasteiger partial charge in [-0.25, -0.2) is 0 Å². The molecule has 1 rings (SSSR count). The number of ether oxygens (including phenoxy) is 2. The number of hydrogen-bond donors (Lipinski definition) is 2. The van der Waals surface area contributed by atoms with Crippen LogP contribution in [0.4, 0.5) is 0 Å². The lowest BCUT2D eigenvalue weighted by Crippen LogP contribution is -2.60. The largest absolute Gasteiger partial charge is 0.396 e. The van der Waals surface area contributed by atoms with Crippen molar-refractivity contribution >= 4 is 0 Å². The molecule has 0 radical (unpaired) electrons. The van der Waals surface area contributed by atoms with Crippen LogP contribution in [0.5, 0.6) is 0 Å². The monoisotopic (exact) mass is 259 g/mol. The lowest BCUT2D eigenvalue weighted by Gasteiger charge is -2.44.